The normalized spacial score (nSPS) is 12.2. The first-order chi connectivity index (χ1) is 10.3. The van der Waals surface area contributed by atoms with Gasteiger partial charge in [0.25, 0.3) is 0 Å². The fourth-order valence-corrected chi connectivity index (χ4v) is 2.57. The van der Waals surface area contributed by atoms with Crippen LogP contribution in [0.5, 0.6) is 0 Å². The number of hydrogen-bond acceptors (Lipinski definition) is 2. The number of nitrogens with one attached hydrogen (secondary N) is 1. The van der Waals surface area contributed by atoms with Gasteiger partial charge in [-0.3, -0.25) is 0 Å². The van der Waals surface area contributed by atoms with Crippen molar-refractivity contribution in [3.8, 4) is 6.07 Å². The van der Waals surface area contributed by atoms with Crippen LogP contribution in [0.3, 0.4) is 0 Å². The molecule has 0 spiro atoms. The summed E-state index contributed by atoms with van der Waals surface area (Å²) in [6.07, 6.45) is 16.5. The highest BCUT2D eigenvalue weighted by atomic mass is 14.9. The summed E-state index contributed by atoms with van der Waals surface area (Å²) in [5.41, 5.74) is 0.875. The van der Waals surface area contributed by atoms with E-state index in [9.17, 15) is 0 Å². The van der Waals surface area contributed by atoms with Gasteiger partial charge in [0.05, 0.1) is 17.7 Å². The first-order valence-corrected chi connectivity index (χ1v) is 8.71. The number of imidazole rings is 1. The maximum absolute atomic E-state index is 8.86. The van der Waals surface area contributed by atoms with Gasteiger partial charge in [0, 0.05) is 12.6 Å². The largest absolute Gasteiger partial charge is 0.348 e. The number of aryl methyl sites for hydroxylation is 1. The summed E-state index contributed by atoms with van der Waals surface area (Å²) >= 11 is 0. The van der Waals surface area contributed by atoms with Gasteiger partial charge in [-0.15, -0.1) is 0 Å². The van der Waals surface area contributed by atoms with Gasteiger partial charge in [-0.2, -0.15) is 5.26 Å². The lowest BCUT2D eigenvalue weighted by molar-refractivity contribution is 0.554. The van der Waals surface area contributed by atoms with Gasteiger partial charge in [0.15, 0.2) is 0 Å². The third-order valence-corrected chi connectivity index (χ3v) is 4.06. The molecule has 0 aliphatic heterocycles. The Morgan fingerprint density at radius 1 is 1.05 bits per heavy atom. The smallest absolute Gasteiger partial charge is 0.106 e. The van der Waals surface area contributed by atoms with E-state index in [0.29, 0.717) is 0 Å². The van der Waals surface area contributed by atoms with E-state index in [-0.39, 0.29) is 5.92 Å². The van der Waals surface area contributed by atoms with Crippen LogP contribution in [0.15, 0.2) is 6.20 Å². The molecule has 0 aliphatic rings. The predicted molar refractivity (Wildman–Crippen MR) is 88.2 cm³/mol. The van der Waals surface area contributed by atoms with E-state index in [1.54, 1.807) is 0 Å². The molecule has 1 N–H and O–H groups in total. The van der Waals surface area contributed by atoms with Crippen molar-refractivity contribution in [3.63, 3.8) is 0 Å². The summed E-state index contributed by atoms with van der Waals surface area (Å²) < 4.78 is 0. The zero-order valence-corrected chi connectivity index (χ0v) is 13.8. The maximum atomic E-state index is 8.86. The standard InChI is InChI=1S/C18H31N3/c1-3-4-5-6-7-8-9-10-11-12-13-18-20-15-17(21-18)16(2)14-19/h15-16H,3-13H2,1-2H3,(H,20,21). The first-order valence-electron chi connectivity index (χ1n) is 8.71. The average molecular weight is 289 g/mol. The molecule has 21 heavy (non-hydrogen) atoms. The van der Waals surface area contributed by atoms with Gasteiger partial charge in [-0.25, -0.2) is 4.98 Å². The summed E-state index contributed by atoms with van der Waals surface area (Å²) in [7, 11) is 0. The minimum absolute atomic E-state index is 0.109. The highest BCUT2D eigenvalue weighted by molar-refractivity contribution is 5.13. The Bertz CT molecular complexity index is 403. The Balaban J connectivity index is 1.97. The second-order valence-electron chi connectivity index (χ2n) is 6.05. The second kappa shape index (κ2) is 11.4. The average Bonchev–Trinajstić information content (AvgIpc) is 2.97. The Morgan fingerprint density at radius 2 is 1.62 bits per heavy atom. The highest BCUT2D eigenvalue weighted by Crippen LogP contribution is 2.14. The Kier molecular flexibility index (Phi) is 9.61. The summed E-state index contributed by atoms with van der Waals surface area (Å²) in [5.74, 6) is 0.925. The van der Waals surface area contributed by atoms with Crippen molar-refractivity contribution in [2.24, 2.45) is 0 Å². The van der Waals surface area contributed by atoms with Crippen LogP contribution in [0.1, 0.15) is 95.5 Å². The molecule has 0 aromatic carbocycles. The minimum atomic E-state index is -0.109. The van der Waals surface area contributed by atoms with Gasteiger partial charge in [0.2, 0.25) is 0 Å². The van der Waals surface area contributed by atoms with Crippen LogP contribution < -0.4 is 0 Å². The quantitative estimate of drug-likeness (QED) is 0.516. The van der Waals surface area contributed by atoms with E-state index in [1.165, 1.54) is 64.2 Å². The molecule has 0 amide bonds. The predicted octanol–water partition coefficient (Wildman–Crippen LogP) is 5.50. The summed E-state index contributed by atoms with van der Waals surface area (Å²) in [6, 6.07) is 2.22. The van der Waals surface area contributed by atoms with Gasteiger partial charge < -0.3 is 4.98 Å². The van der Waals surface area contributed by atoms with E-state index < -0.39 is 0 Å². The molecule has 1 unspecified atom stereocenters. The summed E-state index contributed by atoms with van der Waals surface area (Å²) in [6.45, 7) is 4.16. The first kappa shape index (κ1) is 17.8. The van der Waals surface area contributed by atoms with Crippen LogP contribution in [-0.2, 0) is 6.42 Å². The lowest BCUT2D eigenvalue weighted by Crippen LogP contribution is -1.92. The number of nitriles is 1. The van der Waals surface area contributed by atoms with Crippen molar-refractivity contribution >= 4 is 0 Å². The number of H-pyrrole nitrogens is 1. The second-order valence-corrected chi connectivity index (χ2v) is 6.05. The van der Waals surface area contributed by atoms with Crippen LogP contribution in [0, 0.1) is 11.3 Å². The third-order valence-electron chi connectivity index (χ3n) is 4.06. The fraction of sp³-hybridized carbons (Fsp3) is 0.778. The van der Waals surface area contributed by atoms with Crippen LogP contribution >= 0.6 is 0 Å². The molecule has 0 fully saturated rings. The topological polar surface area (TPSA) is 52.5 Å². The molecule has 1 atom stereocenters. The van der Waals surface area contributed by atoms with Crippen molar-refractivity contribution < 1.29 is 0 Å². The molecule has 1 aromatic rings. The number of aromatic amines is 1. The van der Waals surface area contributed by atoms with Crippen LogP contribution in [0.2, 0.25) is 0 Å². The molecule has 0 radical (unpaired) electrons. The molecule has 1 rings (SSSR count). The van der Waals surface area contributed by atoms with E-state index in [2.05, 4.69) is 23.0 Å². The highest BCUT2D eigenvalue weighted by Gasteiger charge is 2.07. The number of aromatic nitrogens is 2. The molecule has 1 aromatic heterocycles. The Hall–Kier alpha value is -1.30. The van der Waals surface area contributed by atoms with Gasteiger partial charge in [0.1, 0.15) is 5.82 Å². The molecule has 0 bridgehead atoms. The molecule has 0 saturated carbocycles. The van der Waals surface area contributed by atoms with Crippen LogP contribution in [0.25, 0.3) is 0 Å². The van der Waals surface area contributed by atoms with E-state index in [4.69, 9.17) is 5.26 Å². The van der Waals surface area contributed by atoms with Crippen molar-refractivity contribution in [2.75, 3.05) is 0 Å². The Morgan fingerprint density at radius 3 is 2.19 bits per heavy atom. The summed E-state index contributed by atoms with van der Waals surface area (Å²) in [4.78, 5) is 7.67. The monoisotopic (exact) mass is 289 g/mol. The number of hydrogen-bond donors (Lipinski definition) is 1. The maximum Gasteiger partial charge on any atom is 0.106 e. The molecular formula is C18H31N3. The van der Waals surface area contributed by atoms with Crippen LogP contribution in [0.4, 0.5) is 0 Å². The van der Waals surface area contributed by atoms with Gasteiger partial charge >= 0.3 is 0 Å². The zero-order chi connectivity index (χ0) is 15.3. The van der Waals surface area contributed by atoms with Crippen molar-refractivity contribution in [2.45, 2.75) is 90.4 Å². The SMILES string of the molecule is CCCCCCCCCCCCc1nc(C(C)C#N)c[nH]1. The number of rotatable bonds is 12. The van der Waals surface area contributed by atoms with E-state index >= 15 is 0 Å². The molecule has 118 valence electrons. The number of unbranched alkanes of at least 4 members (excludes halogenated alkanes) is 9. The van der Waals surface area contributed by atoms with E-state index in [1.807, 2.05) is 13.1 Å². The summed E-state index contributed by atoms with van der Waals surface area (Å²) in [5, 5.41) is 8.86. The fourth-order valence-electron chi connectivity index (χ4n) is 2.57. The lowest BCUT2D eigenvalue weighted by Gasteiger charge is -2.01. The minimum Gasteiger partial charge on any atom is -0.348 e. The lowest BCUT2D eigenvalue weighted by atomic mass is 10.1. The Labute approximate surface area is 130 Å². The molecule has 0 saturated heterocycles. The molecular weight excluding hydrogens is 258 g/mol. The molecule has 1 heterocycles. The molecule has 0 aliphatic carbocycles. The third kappa shape index (κ3) is 7.90. The van der Waals surface area contributed by atoms with Crippen molar-refractivity contribution in [1.82, 2.24) is 9.97 Å². The van der Waals surface area contributed by atoms with Gasteiger partial charge in [-0.05, 0) is 13.3 Å². The van der Waals surface area contributed by atoms with Gasteiger partial charge in [-0.1, -0.05) is 64.7 Å². The van der Waals surface area contributed by atoms with E-state index in [0.717, 1.165) is 17.9 Å². The van der Waals surface area contributed by atoms with Crippen LogP contribution in [-0.4, -0.2) is 9.97 Å². The molecule has 3 nitrogen and oxygen atoms in total. The zero-order valence-electron chi connectivity index (χ0n) is 13.8. The number of nitrogens with zero attached hydrogens (tertiary/aromatic N) is 2. The van der Waals surface area contributed by atoms with Crippen molar-refractivity contribution in [3.05, 3.63) is 17.7 Å². The van der Waals surface area contributed by atoms with Crippen molar-refractivity contribution in [1.29, 1.82) is 5.26 Å². The molecule has 3 heteroatoms.